The molecular weight excluding hydrogens is 302 g/mol. The Morgan fingerprint density at radius 1 is 1.32 bits per heavy atom. The fraction of sp³-hybridized carbons (Fsp3) is 0.500. The highest BCUT2D eigenvalue weighted by Gasteiger charge is 2.28. The Bertz CT molecular complexity index is 575. The van der Waals surface area contributed by atoms with E-state index < -0.39 is 0 Å². The van der Waals surface area contributed by atoms with Crippen molar-refractivity contribution in [3.8, 4) is 0 Å². The van der Waals surface area contributed by atoms with Crippen LogP contribution in [0.15, 0.2) is 18.2 Å². The summed E-state index contributed by atoms with van der Waals surface area (Å²) < 4.78 is 0. The quantitative estimate of drug-likeness (QED) is 0.796. The minimum atomic E-state index is -0.231. The Hall–Kier alpha value is -1.59. The van der Waals surface area contributed by atoms with Crippen molar-refractivity contribution in [1.29, 1.82) is 0 Å². The zero-order valence-electron chi connectivity index (χ0n) is 12.9. The van der Waals surface area contributed by atoms with Crippen molar-refractivity contribution in [3.63, 3.8) is 0 Å². The maximum Gasteiger partial charge on any atom is 0.253 e. The van der Waals surface area contributed by atoms with Crippen molar-refractivity contribution in [2.75, 3.05) is 5.32 Å². The summed E-state index contributed by atoms with van der Waals surface area (Å²) in [6.07, 6.45) is 2.31. The molecule has 0 heterocycles. The van der Waals surface area contributed by atoms with Gasteiger partial charge in [0.1, 0.15) is 0 Å². The van der Waals surface area contributed by atoms with Gasteiger partial charge in [-0.1, -0.05) is 11.6 Å². The highest BCUT2D eigenvalue weighted by Crippen LogP contribution is 2.27. The van der Waals surface area contributed by atoms with Crippen molar-refractivity contribution in [3.05, 3.63) is 28.8 Å². The average molecular weight is 324 g/mol. The molecule has 0 aliphatic heterocycles. The summed E-state index contributed by atoms with van der Waals surface area (Å²) >= 11 is 5.99. The number of nitrogens with two attached hydrogens (primary N) is 1. The topological polar surface area (TPSA) is 84.2 Å². The number of nitrogens with one attached hydrogen (secondary N) is 2. The van der Waals surface area contributed by atoms with Crippen molar-refractivity contribution in [2.45, 2.75) is 45.2 Å². The second kappa shape index (κ2) is 7.11. The molecule has 5 nitrogen and oxygen atoms in total. The van der Waals surface area contributed by atoms with Crippen molar-refractivity contribution >= 4 is 29.1 Å². The molecule has 1 aliphatic carbocycles. The predicted octanol–water partition coefficient (Wildman–Crippen LogP) is 2.54. The predicted molar refractivity (Wildman–Crippen MR) is 88.0 cm³/mol. The summed E-state index contributed by atoms with van der Waals surface area (Å²) in [6.45, 7) is 3.76. The van der Waals surface area contributed by atoms with Crippen LogP contribution in [0.25, 0.3) is 0 Å². The van der Waals surface area contributed by atoms with E-state index in [-0.39, 0.29) is 29.8 Å². The first-order chi connectivity index (χ1) is 10.4. The number of hydrogen-bond donors (Lipinski definition) is 3. The molecule has 0 spiro atoms. The van der Waals surface area contributed by atoms with Crippen molar-refractivity contribution in [1.82, 2.24) is 5.32 Å². The molecular formula is C16H22ClN3O2. The molecule has 120 valence electrons. The third-order valence-electron chi connectivity index (χ3n) is 3.75. The van der Waals surface area contributed by atoms with Crippen LogP contribution < -0.4 is 16.4 Å². The first-order valence-electron chi connectivity index (χ1n) is 7.53. The van der Waals surface area contributed by atoms with Gasteiger partial charge in [0.05, 0.1) is 11.3 Å². The largest absolute Gasteiger partial charge is 0.350 e. The van der Waals surface area contributed by atoms with Crippen molar-refractivity contribution < 1.29 is 9.59 Å². The Morgan fingerprint density at radius 3 is 2.64 bits per heavy atom. The number of carbonyl (C=O) groups excluding carboxylic acids is 2. The molecule has 0 saturated heterocycles. The van der Waals surface area contributed by atoms with Gasteiger partial charge in [0.25, 0.3) is 5.91 Å². The molecule has 1 saturated carbocycles. The van der Waals surface area contributed by atoms with E-state index in [1.54, 1.807) is 18.2 Å². The minimum absolute atomic E-state index is 0.0135. The molecule has 22 heavy (non-hydrogen) atoms. The van der Waals surface area contributed by atoms with E-state index in [0.717, 1.165) is 12.8 Å². The van der Waals surface area contributed by atoms with E-state index in [1.807, 2.05) is 13.8 Å². The second-order valence-electron chi connectivity index (χ2n) is 6.08. The summed E-state index contributed by atoms with van der Waals surface area (Å²) in [5.41, 5.74) is 6.70. The molecule has 2 atom stereocenters. The molecule has 2 amide bonds. The lowest BCUT2D eigenvalue weighted by Gasteiger charge is -2.15. The Balaban J connectivity index is 2.16. The number of halogens is 1. The van der Waals surface area contributed by atoms with Crippen LogP contribution in [0.2, 0.25) is 5.02 Å². The summed E-state index contributed by atoms with van der Waals surface area (Å²) in [7, 11) is 0. The number of anilines is 1. The third-order valence-corrected chi connectivity index (χ3v) is 3.98. The smallest absolute Gasteiger partial charge is 0.253 e. The van der Waals surface area contributed by atoms with Gasteiger partial charge in [-0.15, -0.1) is 0 Å². The van der Waals surface area contributed by atoms with Gasteiger partial charge in [-0.2, -0.15) is 0 Å². The number of amides is 2. The van der Waals surface area contributed by atoms with Crippen LogP contribution in [-0.2, 0) is 4.79 Å². The number of hydrogen-bond acceptors (Lipinski definition) is 3. The van der Waals surface area contributed by atoms with Crippen LogP contribution in [0.1, 0.15) is 43.5 Å². The van der Waals surface area contributed by atoms with Crippen LogP contribution >= 0.6 is 11.6 Å². The van der Waals surface area contributed by atoms with E-state index in [1.165, 1.54) is 0 Å². The summed E-state index contributed by atoms with van der Waals surface area (Å²) in [6, 6.07) is 4.95. The van der Waals surface area contributed by atoms with Crippen LogP contribution in [0.3, 0.4) is 0 Å². The van der Waals surface area contributed by atoms with Gasteiger partial charge >= 0.3 is 0 Å². The molecule has 0 radical (unpaired) electrons. The third kappa shape index (κ3) is 4.21. The molecule has 1 aromatic carbocycles. The number of rotatable bonds is 4. The molecule has 1 aliphatic rings. The SMILES string of the molecule is CC(C)NC(=O)c1ccc(Cl)cc1NC(=O)C1CCC(N)C1. The Morgan fingerprint density at radius 2 is 2.05 bits per heavy atom. The lowest BCUT2D eigenvalue weighted by molar-refractivity contribution is -0.119. The fourth-order valence-corrected chi connectivity index (χ4v) is 2.82. The monoisotopic (exact) mass is 323 g/mol. The number of benzene rings is 1. The van der Waals surface area contributed by atoms with E-state index in [2.05, 4.69) is 10.6 Å². The van der Waals surface area contributed by atoms with Gasteiger partial charge < -0.3 is 16.4 Å². The summed E-state index contributed by atoms with van der Waals surface area (Å²) in [5, 5.41) is 6.12. The van der Waals surface area contributed by atoms with E-state index in [9.17, 15) is 9.59 Å². The highest BCUT2D eigenvalue weighted by molar-refractivity contribution is 6.31. The zero-order chi connectivity index (χ0) is 16.3. The van der Waals surface area contributed by atoms with E-state index >= 15 is 0 Å². The normalized spacial score (nSPS) is 21.0. The Kier molecular flexibility index (Phi) is 5.42. The maximum atomic E-state index is 12.3. The van der Waals surface area contributed by atoms with Gasteiger partial charge in [0.2, 0.25) is 5.91 Å². The maximum absolute atomic E-state index is 12.3. The molecule has 0 bridgehead atoms. The molecule has 1 fully saturated rings. The standard InChI is InChI=1S/C16H22ClN3O2/c1-9(2)19-16(22)13-6-4-11(17)8-14(13)20-15(21)10-3-5-12(18)7-10/h4,6,8-10,12H,3,5,7,18H2,1-2H3,(H,19,22)(H,20,21). The van der Waals surface area contributed by atoms with Crippen LogP contribution in [0.5, 0.6) is 0 Å². The van der Waals surface area contributed by atoms with E-state index in [0.29, 0.717) is 22.7 Å². The van der Waals surface area contributed by atoms with Gasteiger partial charge in [-0.25, -0.2) is 0 Å². The first-order valence-corrected chi connectivity index (χ1v) is 7.91. The first kappa shape index (κ1) is 16.8. The molecule has 2 unspecified atom stereocenters. The molecule has 0 aromatic heterocycles. The van der Waals surface area contributed by atoms with Crippen LogP contribution in [0.4, 0.5) is 5.69 Å². The Labute approximate surface area is 135 Å². The van der Waals surface area contributed by atoms with Crippen molar-refractivity contribution in [2.24, 2.45) is 11.7 Å². The fourth-order valence-electron chi connectivity index (χ4n) is 2.65. The molecule has 6 heteroatoms. The van der Waals surface area contributed by atoms with E-state index in [4.69, 9.17) is 17.3 Å². The average Bonchev–Trinajstić information content (AvgIpc) is 2.84. The second-order valence-corrected chi connectivity index (χ2v) is 6.51. The van der Waals surface area contributed by atoms with Crippen LogP contribution in [0, 0.1) is 5.92 Å². The molecule has 4 N–H and O–H groups in total. The zero-order valence-corrected chi connectivity index (χ0v) is 13.6. The van der Waals surface area contributed by atoms with Gasteiger partial charge in [0, 0.05) is 23.0 Å². The highest BCUT2D eigenvalue weighted by atomic mass is 35.5. The summed E-state index contributed by atoms with van der Waals surface area (Å²) in [5.74, 6) is -0.436. The minimum Gasteiger partial charge on any atom is -0.350 e. The van der Waals surface area contributed by atoms with Crippen LogP contribution in [-0.4, -0.2) is 23.9 Å². The summed E-state index contributed by atoms with van der Waals surface area (Å²) in [4.78, 5) is 24.5. The lowest BCUT2D eigenvalue weighted by Crippen LogP contribution is -2.31. The number of carbonyl (C=O) groups is 2. The molecule has 1 aromatic rings. The van der Waals surface area contributed by atoms with Gasteiger partial charge in [-0.3, -0.25) is 9.59 Å². The van der Waals surface area contributed by atoms with Gasteiger partial charge in [0.15, 0.2) is 0 Å². The lowest BCUT2D eigenvalue weighted by atomic mass is 10.1. The molecule has 2 rings (SSSR count). The van der Waals surface area contributed by atoms with Gasteiger partial charge in [-0.05, 0) is 51.3 Å².